The predicted octanol–water partition coefficient (Wildman–Crippen LogP) is 1.34. The van der Waals surface area contributed by atoms with E-state index in [2.05, 4.69) is 26.8 Å². The second-order valence-corrected chi connectivity index (χ2v) is 4.43. The smallest absolute Gasteiger partial charge is 0.356 e. The number of hydrogen-bond acceptors (Lipinski definition) is 5. The van der Waals surface area contributed by atoms with Crippen LogP contribution in [0.4, 0.5) is 0 Å². The first-order valence-corrected chi connectivity index (χ1v) is 5.99. The van der Waals surface area contributed by atoms with Crippen LogP contribution in [0.5, 0.6) is 0 Å². The van der Waals surface area contributed by atoms with Crippen molar-refractivity contribution < 1.29 is 9.53 Å². The van der Waals surface area contributed by atoms with Crippen molar-refractivity contribution in [1.29, 1.82) is 0 Å². The Balaban J connectivity index is 2.17. The van der Waals surface area contributed by atoms with Gasteiger partial charge < -0.3 is 9.30 Å². The molecule has 0 amide bonds. The molecule has 2 aromatic rings. The van der Waals surface area contributed by atoms with Crippen molar-refractivity contribution in [2.45, 2.75) is 19.3 Å². The number of nitrogens with zero attached hydrogens (tertiary/aromatic N) is 4. The molecule has 0 aliphatic carbocycles. The molecule has 0 spiro atoms. The first-order chi connectivity index (χ1) is 9.11. The maximum Gasteiger partial charge on any atom is 0.356 e. The summed E-state index contributed by atoms with van der Waals surface area (Å²) >= 11 is 0. The molecule has 2 rings (SSSR count). The Labute approximate surface area is 111 Å². The Hall–Kier alpha value is -2.24. The standard InChI is InChI=1S/C13H16N4O2/c1-9(6-12-16-15-8-17(12)2)10-4-5-14-11(7-10)13(18)19-3/h4-5,7-9H,6H2,1-3H3. The van der Waals surface area contributed by atoms with Crippen LogP contribution in [-0.2, 0) is 18.2 Å². The highest BCUT2D eigenvalue weighted by Crippen LogP contribution is 2.19. The summed E-state index contributed by atoms with van der Waals surface area (Å²) in [6.07, 6.45) is 4.05. The molecule has 2 heterocycles. The van der Waals surface area contributed by atoms with Crippen LogP contribution in [0.2, 0.25) is 0 Å². The lowest BCUT2D eigenvalue weighted by molar-refractivity contribution is 0.0594. The molecule has 0 saturated carbocycles. The van der Waals surface area contributed by atoms with Crippen molar-refractivity contribution in [1.82, 2.24) is 19.7 Å². The molecule has 0 aliphatic rings. The van der Waals surface area contributed by atoms with Crippen LogP contribution in [0, 0.1) is 0 Å². The third kappa shape index (κ3) is 2.96. The monoisotopic (exact) mass is 260 g/mol. The average Bonchev–Trinajstić information content (AvgIpc) is 2.83. The summed E-state index contributed by atoms with van der Waals surface area (Å²) in [5, 5.41) is 7.91. The van der Waals surface area contributed by atoms with E-state index in [-0.39, 0.29) is 5.92 Å². The van der Waals surface area contributed by atoms with E-state index in [1.54, 1.807) is 18.6 Å². The van der Waals surface area contributed by atoms with Crippen molar-refractivity contribution in [3.8, 4) is 0 Å². The molecule has 1 atom stereocenters. The minimum absolute atomic E-state index is 0.217. The van der Waals surface area contributed by atoms with Crippen LogP contribution in [0.3, 0.4) is 0 Å². The summed E-state index contributed by atoms with van der Waals surface area (Å²) in [5.74, 6) is 0.700. The van der Waals surface area contributed by atoms with Gasteiger partial charge in [0, 0.05) is 19.7 Å². The minimum atomic E-state index is -0.423. The maximum atomic E-state index is 11.4. The van der Waals surface area contributed by atoms with Crippen LogP contribution < -0.4 is 0 Å². The van der Waals surface area contributed by atoms with Crippen molar-refractivity contribution in [3.63, 3.8) is 0 Å². The van der Waals surface area contributed by atoms with Crippen LogP contribution in [-0.4, -0.2) is 32.8 Å². The van der Waals surface area contributed by atoms with E-state index in [4.69, 9.17) is 0 Å². The van der Waals surface area contributed by atoms with Crippen LogP contribution in [0.25, 0.3) is 0 Å². The summed E-state index contributed by atoms with van der Waals surface area (Å²) in [7, 11) is 3.26. The third-order valence-electron chi connectivity index (χ3n) is 3.04. The van der Waals surface area contributed by atoms with Crippen molar-refractivity contribution in [2.24, 2.45) is 7.05 Å². The molecule has 2 aromatic heterocycles. The Kier molecular flexibility index (Phi) is 3.89. The minimum Gasteiger partial charge on any atom is -0.464 e. The zero-order valence-corrected chi connectivity index (χ0v) is 11.2. The molecule has 6 heteroatoms. The van der Waals surface area contributed by atoms with E-state index >= 15 is 0 Å². The van der Waals surface area contributed by atoms with Gasteiger partial charge in [-0.15, -0.1) is 10.2 Å². The summed E-state index contributed by atoms with van der Waals surface area (Å²) in [4.78, 5) is 15.4. The number of esters is 1. The molecule has 0 bridgehead atoms. The highest BCUT2D eigenvalue weighted by Gasteiger charge is 2.13. The zero-order valence-electron chi connectivity index (χ0n) is 11.2. The lowest BCUT2D eigenvalue weighted by atomic mass is 9.98. The Morgan fingerprint density at radius 1 is 1.53 bits per heavy atom. The van der Waals surface area contributed by atoms with Gasteiger partial charge in [0.05, 0.1) is 7.11 Å². The van der Waals surface area contributed by atoms with Gasteiger partial charge in [0.15, 0.2) is 0 Å². The van der Waals surface area contributed by atoms with E-state index in [1.807, 2.05) is 17.7 Å². The van der Waals surface area contributed by atoms with Gasteiger partial charge in [0.25, 0.3) is 0 Å². The van der Waals surface area contributed by atoms with Gasteiger partial charge in [-0.2, -0.15) is 0 Å². The highest BCUT2D eigenvalue weighted by molar-refractivity contribution is 5.87. The van der Waals surface area contributed by atoms with Crippen molar-refractivity contribution in [2.75, 3.05) is 7.11 Å². The fraction of sp³-hybridized carbons (Fsp3) is 0.385. The van der Waals surface area contributed by atoms with Crippen LogP contribution in [0.15, 0.2) is 24.7 Å². The summed E-state index contributed by atoms with van der Waals surface area (Å²) < 4.78 is 6.56. The molecular formula is C13H16N4O2. The first kappa shape index (κ1) is 13.2. The molecule has 0 N–H and O–H groups in total. The lowest BCUT2D eigenvalue weighted by Crippen LogP contribution is -2.08. The van der Waals surface area contributed by atoms with E-state index in [0.717, 1.165) is 17.8 Å². The number of hydrogen-bond donors (Lipinski definition) is 0. The highest BCUT2D eigenvalue weighted by atomic mass is 16.5. The zero-order chi connectivity index (χ0) is 13.8. The molecule has 0 saturated heterocycles. The summed E-state index contributed by atoms with van der Waals surface area (Å²) in [6, 6.07) is 3.65. The Morgan fingerprint density at radius 3 is 2.95 bits per heavy atom. The molecule has 0 aliphatic heterocycles. The van der Waals surface area contributed by atoms with Crippen LogP contribution in [0.1, 0.15) is 34.7 Å². The second kappa shape index (κ2) is 5.60. The predicted molar refractivity (Wildman–Crippen MR) is 68.7 cm³/mol. The van der Waals surface area contributed by atoms with Gasteiger partial charge in [-0.1, -0.05) is 6.92 Å². The number of aryl methyl sites for hydroxylation is 1. The molecule has 19 heavy (non-hydrogen) atoms. The molecule has 100 valence electrons. The first-order valence-electron chi connectivity index (χ1n) is 5.99. The van der Waals surface area contributed by atoms with Gasteiger partial charge in [0.2, 0.25) is 0 Å². The number of ether oxygens (including phenoxy) is 1. The summed E-state index contributed by atoms with van der Waals surface area (Å²) in [5.41, 5.74) is 1.35. The molecule has 0 aromatic carbocycles. The van der Waals surface area contributed by atoms with Crippen LogP contribution >= 0.6 is 0 Å². The van der Waals surface area contributed by atoms with E-state index < -0.39 is 5.97 Å². The van der Waals surface area contributed by atoms with E-state index in [9.17, 15) is 4.79 Å². The third-order valence-corrected chi connectivity index (χ3v) is 3.04. The molecule has 1 unspecified atom stereocenters. The van der Waals surface area contributed by atoms with E-state index in [1.165, 1.54) is 7.11 Å². The average molecular weight is 260 g/mol. The van der Waals surface area contributed by atoms with Gasteiger partial charge >= 0.3 is 5.97 Å². The molecular weight excluding hydrogens is 244 g/mol. The van der Waals surface area contributed by atoms with Gasteiger partial charge in [-0.3, -0.25) is 0 Å². The van der Waals surface area contributed by atoms with Crippen molar-refractivity contribution >= 4 is 5.97 Å². The van der Waals surface area contributed by atoms with Gasteiger partial charge in [-0.05, 0) is 23.6 Å². The normalized spacial score (nSPS) is 12.2. The molecule has 6 nitrogen and oxygen atoms in total. The fourth-order valence-electron chi connectivity index (χ4n) is 1.85. The maximum absolute atomic E-state index is 11.4. The lowest BCUT2D eigenvalue weighted by Gasteiger charge is -2.11. The number of pyridine rings is 1. The SMILES string of the molecule is COC(=O)c1cc(C(C)Cc2nncn2C)ccn1. The van der Waals surface area contributed by atoms with E-state index in [0.29, 0.717) is 5.69 Å². The number of rotatable bonds is 4. The van der Waals surface area contributed by atoms with Crippen molar-refractivity contribution in [3.05, 3.63) is 41.7 Å². The number of methoxy groups -OCH3 is 1. The molecule has 0 radical (unpaired) electrons. The number of carbonyl (C=O) groups is 1. The Bertz CT molecular complexity index is 580. The Morgan fingerprint density at radius 2 is 2.32 bits per heavy atom. The van der Waals surface area contributed by atoms with Gasteiger partial charge in [-0.25, -0.2) is 9.78 Å². The topological polar surface area (TPSA) is 69.9 Å². The summed E-state index contributed by atoms with van der Waals surface area (Å²) in [6.45, 7) is 2.07. The largest absolute Gasteiger partial charge is 0.464 e. The quantitative estimate of drug-likeness (QED) is 0.776. The van der Waals surface area contributed by atoms with Gasteiger partial charge in [0.1, 0.15) is 17.8 Å². The number of aromatic nitrogens is 4. The number of carbonyl (C=O) groups excluding carboxylic acids is 1. The fourth-order valence-corrected chi connectivity index (χ4v) is 1.85. The molecule has 0 fully saturated rings. The second-order valence-electron chi connectivity index (χ2n) is 4.43.